The van der Waals surface area contributed by atoms with Gasteiger partial charge in [-0.15, -0.1) is 0 Å². The van der Waals surface area contributed by atoms with E-state index in [-0.39, 0.29) is 62.3 Å². The molecule has 2 rings (SSSR count). The minimum atomic E-state index is -4.90. The fourth-order valence-corrected chi connectivity index (χ4v) is 1.75. The first kappa shape index (κ1) is 15.2. The van der Waals surface area contributed by atoms with Gasteiger partial charge >= 0.3 is 58.4 Å². The van der Waals surface area contributed by atoms with Crippen LogP contribution >= 0.6 is 0 Å². The van der Waals surface area contributed by atoms with Crippen LogP contribution in [0.1, 0.15) is 5.56 Å². The first-order chi connectivity index (χ1) is 7.47. The summed E-state index contributed by atoms with van der Waals surface area (Å²) in [7, 11) is 0. The van der Waals surface area contributed by atoms with Crippen molar-refractivity contribution in [1.82, 2.24) is 0 Å². The first-order valence-corrected chi connectivity index (χ1v) is 4.84. The van der Waals surface area contributed by atoms with E-state index in [4.69, 9.17) is 0 Å². The molecule has 0 radical (unpaired) electrons. The zero-order valence-electron chi connectivity index (χ0n) is 9.26. The van der Waals surface area contributed by atoms with Crippen LogP contribution in [-0.2, 0) is 6.32 Å². The molecule has 0 saturated carbocycles. The third-order valence-corrected chi connectivity index (χ3v) is 2.41. The van der Waals surface area contributed by atoms with Crippen molar-refractivity contribution in [3.63, 3.8) is 0 Å². The summed E-state index contributed by atoms with van der Waals surface area (Å²) in [5.41, 5.74) is 0.129. The average molecular weight is 266 g/mol. The van der Waals surface area contributed by atoms with E-state index in [1.54, 1.807) is 12.1 Å². The van der Waals surface area contributed by atoms with Crippen LogP contribution in [0.5, 0.6) is 0 Å². The second-order valence-corrected chi connectivity index (χ2v) is 3.67. The Morgan fingerprint density at radius 1 is 0.882 bits per heavy atom. The summed E-state index contributed by atoms with van der Waals surface area (Å²) in [6, 6.07) is 8.49. The molecule has 0 aromatic heterocycles. The maximum Gasteiger partial charge on any atom is 1.00 e. The van der Waals surface area contributed by atoms with Crippen LogP contribution in [0.2, 0.25) is 0 Å². The van der Waals surface area contributed by atoms with Gasteiger partial charge in [0.05, 0.1) is 0 Å². The Hall–Kier alpha value is 0.121. The van der Waals surface area contributed by atoms with Gasteiger partial charge < -0.3 is 12.9 Å². The molecule has 84 valence electrons. The van der Waals surface area contributed by atoms with Gasteiger partial charge in [-0.2, -0.15) is 0 Å². The predicted octanol–water partition coefficient (Wildman–Crippen LogP) is 0.912. The second-order valence-electron chi connectivity index (χ2n) is 3.67. The van der Waals surface area contributed by atoms with Crippen molar-refractivity contribution < 1.29 is 68.7 Å². The van der Waals surface area contributed by atoms with E-state index < -0.39 is 19.1 Å². The Kier molecular flexibility index (Phi) is 5.22. The number of hydrogen-bond acceptors (Lipinski definition) is 0. The monoisotopic (exact) mass is 266 g/mol. The molecule has 0 fully saturated rings. The number of fused-ring (bicyclic) bond motifs is 1. The molecule has 0 spiro atoms. The Bertz CT molecular complexity index is 524. The quantitative estimate of drug-likeness (QED) is 0.560. The summed E-state index contributed by atoms with van der Waals surface area (Å²) < 4.78 is 50.3. The number of hydrogen-bond donors (Lipinski definition) is 0. The minimum Gasteiger partial charge on any atom is -0.449 e. The Morgan fingerprint density at radius 3 is 2.06 bits per heavy atom. The van der Waals surface area contributed by atoms with Gasteiger partial charge in [0.25, 0.3) is 0 Å². The van der Waals surface area contributed by atoms with Crippen molar-refractivity contribution in [2.24, 2.45) is 0 Å². The van der Waals surface area contributed by atoms with Crippen molar-refractivity contribution >= 4 is 17.7 Å². The van der Waals surface area contributed by atoms with Gasteiger partial charge in [0.1, 0.15) is 5.82 Å². The third-order valence-electron chi connectivity index (χ3n) is 2.41. The molecule has 0 aliphatic rings. The standard InChI is InChI=1S/C11H8BF4.K/c13-11-6-5-8(7-12(14,15)16)9-3-1-2-4-10(9)11;/h1-6H,7H2;/q-1;+1. The molecule has 0 aliphatic heterocycles. The fourth-order valence-electron chi connectivity index (χ4n) is 1.75. The van der Waals surface area contributed by atoms with Gasteiger partial charge in [-0.3, -0.25) is 0 Å². The van der Waals surface area contributed by atoms with Crippen LogP contribution in [0.3, 0.4) is 0 Å². The van der Waals surface area contributed by atoms with E-state index in [1.807, 2.05) is 0 Å². The molecule has 0 atom stereocenters. The predicted molar refractivity (Wildman–Crippen MR) is 56.7 cm³/mol. The largest absolute Gasteiger partial charge is 1.00 e. The average Bonchev–Trinajstić information content (AvgIpc) is 2.21. The fraction of sp³-hybridized carbons (Fsp3) is 0.0909. The molecular formula is C11H8BF4K. The van der Waals surface area contributed by atoms with E-state index in [9.17, 15) is 17.3 Å². The zero-order chi connectivity index (χ0) is 11.8. The Balaban J connectivity index is 0.00000144. The minimum absolute atomic E-state index is 0. The third kappa shape index (κ3) is 3.79. The van der Waals surface area contributed by atoms with E-state index in [0.717, 1.165) is 6.07 Å². The zero-order valence-corrected chi connectivity index (χ0v) is 12.4. The van der Waals surface area contributed by atoms with Gasteiger partial charge in [-0.25, -0.2) is 4.39 Å². The molecule has 6 heteroatoms. The molecule has 0 unspecified atom stereocenters. The van der Waals surface area contributed by atoms with Crippen LogP contribution < -0.4 is 51.4 Å². The molecule has 2 aromatic carbocycles. The SMILES string of the molecule is Fc1ccc(C[B-](F)(F)F)c2ccccc12.[K+]. The number of benzene rings is 2. The van der Waals surface area contributed by atoms with E-state index in [1.165, 1.54) is 18.2 Å². The van der Waals surface area contributed by atoms with Gasteiger partial charge in [0.2, 0.25) is 0 Å². The van der Waals surface area contributed by atoms with Crippen LogP contribution in [-0.4, -0.2) is 6.98 Å². The van der Waals surface area contributed by atoms with Crippen molar-refractivity contribution in [3.05, 3.63) is 47.8 Å². The topological polar surface area (TPSA) is 0 Å². The summed E-state index contributed by atoms with van der Waals surface area (Å²) in [5, 5.41) is 0.571. The first-order valence-electron chi connectivity index (χ1n) is 4.84. The maximum atomic E-state index is 13.3. The summed E-state index contributed by atoms with van der Waals surface area (Å²) >= 11 is 0. The molecule has 0 saturated heterocycles. The van der Waals surface area contributed by atoms with Gasteiger partial charge in [0, 0.05) is 5.39 Å². The molecule has 0 bridgehead atoms. The summed E-state index contributed by atoms with van der Waals surface area (Å²) in [4.78, 5) is 0. The molecule has 0 aliphatic carbocycles. The molecule has 0 N–H and O–H groups in total. The van der Waals surface area contributed by atoms with E-state index >= 15 is 0 Å². The molecule has 2 aromatic rings. The van der Waals surface area contributed by atoms with E-state index in [0.29, 0.717) is 5.39 Å². The molecule has 0 amide bonds. The Labute approximate surface area is 139 Å². The summed E-state index contributed by atoms with van der Waals surface area (Å²) in [5.74, 6) is -0.492. The van der Waals surface area contributed by atoms with Crippen molar-refractivity contribution in [1.29, 1.82) is 0 Å². The number of halogens is 4. The van der Waals surface area contributed by atoms with Gasteiger partial charge in [-0.1, -0.05) is 42.2 Å². The normalized spacial score (nSPS) is 11.3. The Morgan fingerprint density at radius 2 is 1.47 bits per heavy atom. The molecular weight excluding hydrogens is 258 g/mol. The van der Waals surface area contributed by atoms with Crippen molar-refractivity contribution in [3.8, 4) is 0 Å². The maximum absolute atomic E-state index is 13.3. The molecule has 0 nitrogen and oxygen atoms in total. The smallest absolute Gasteiger partial charge is 0.449 e. The van der Waals surface area contributed by atoms with Crippen LogP contribution in [0, 0.1) is 5.82 Å². The van der Waals surface area contributed by atoms with Gasteiger partial charge in [-0.05, 0) is 11.5 Å². The molecule has 17 heavy (non-hydrogen) atoms. The van der Waals surface area contributed by atoms with Crippen molar-refractivity contribution in [2.75, 3.05) is 0 Å². The van der Waals surface area contributed by atoms with Crippen LogP contribution in [0.25, 0.3) is 10.8 Å². The van der Waals surface area contributed by atoms with Crippen LogP contribution in [0.4, 0.5) is 17.3 Å². The van der Waals surface area contributed by atoms with Gasteiger partial charge in [0.15, 0.2) is 0 Å². The van der Waals surface area contributed by atoms with E-state index in [2.05, 4.69) is 0 Å². The van der Waals surface area contributed by atoms with Crippen LogP contribution in [0.15, 0.2) is 36.4 Å². The summed E-state index contributed by atoms with van der Waals surface area (Å²) in [6.07, 6.45) is -0.971. The molecule has 0 heterocycles. The summed E-state index contributed by atoms with van der Waals surface area (Å²) in [6.45, 7) is -4.90. The second kappa shape index (κ2) is 5.84. The number of rotatable bonds is 2. The van der Waals surface area contributed by atoms with Crippen molar-refractivity contribution in [2.45, 2.75) is 6.32 Å².